The quantitative estimate of drug-likeness (QED) is 0.230. The summed E-state index contributed by atoms with van der Waals surface area (Å²) in [6.07, 6.45) is 4.75. The van der Waals surface area contributed by atoms with E-state index in [2.05, 4.69) is 38.3 Å². The van der Waals surface area contributed by atoms with Crippen molar-refractivity contribution in [2.45, 2.75) is 43.0 Å². The van der Waals surface area contributed by atoms with Gasteiger partial charge in [-0.1, -0.05) is 64.5 Å². The molecule has 3 heterocycles. The van der Waals surface area contributed by atoms with Crippen LogP contribution in [0.3, 0.4) is 0 Å². The van der Waals surface area contributed by atoms with Gasteiger partial charge in [0.1, 0.15) is 5.56 Å². The lowest BCUT2D eigenvalue weighted by Crippen LogP contribution is -2.32. The molecule has 1 saturated carbocycles. The van der Waals surface area contributed by atoms with E-state index in [4.69, 9.17) is 0 Å². The summed E-state index contributed by atoms with van der Waals surface area (Å²) in [5.74, 6) is -0.803. The fourth-order valence-corrected chi connectivity index (χ4v) is 8.75. The molecule has 0 amide bonds. The minimum atomic E-state index is -3.69. The number of hydrogen-bond donors (Lipinski definition) is 1. The maximum Gasteiger partial charge on any atom is 0.339 e. The Morgan fingerprint density at radius 1 is 1.04 bits per heavy atom. The number of sulfonamides is 1. The number of benzene rings is 3. The largest absolute Gasteiger partial charge is 0.478 e. The summed E-state index contributed by atoms with van der Waals surface area (Å²) < 4.78 is 33.3. The molecule has 0 unspecified atom stereocenters. The zero-order valence-electron chi connectivity index (χ0n) is 24.7. The Hall–Kier alpha value is -4.13. The van der Waals surface area contributed by atoms with E-state index in [0.29, 0.717) is 23.6 Å². The molecule has 2 aromatic heterocycles. The van der Waals surface area contributed by atoms with E-state index in [1.165, 1.54) is 6.20 Å². The topological polar surface area (TPSA) is 123 Å². The van der Waals surface area contributed by atoms with Crippen molar-refractivity contribution in [3.05, 3.63) is 112 Å². The number of aromatic carboxylic acids is 1. The standard InChI is InChI=1S/C33H31BrN6O4S/c1-20-11-24-9-10-25(34)14-31(24)45(43,44)39(17-20)18-21-5-3-6-22(12-21)23-7-4-8-26(13-23)40-32(29(16-35-40)33(41)42)28-15-27(28)30-19-38(2)37-36-30/h3-10,12-14,16,19-20,27-28H,11,15,17-18H2,1-2H3,(H,41,42)/t20-,27+,28+/m0/s1. The van der Waals surface area contributed by atoms with Gasteiger partial charge in [0.15, 0.2) is 0 Å². The van der Waals surface area contributed by atoms with E-state index in [0.717, 1.165) is 44.5 Å². The van der Waals surface area contributed by atoms with Crippen molar-refractivity contribution in [1.82, 2.24) is 29.1 Å². The first-order valence-corrected chi connectivity index (χ1v) is 17.0. The molecule has 5 aromatic rings. The smallest absolute Gasteiger partial charge is 0.339 e. The summed E-state index contributed by atoms with van der Waals surface area (Å²) in [5.41, 5.74) is 5.98. The zero-order valence-corrected chi connectivity index (χ0v) is 27.1. The van der Waals surface area contributed by atoms with Gasteiger partial charge in [-0.3, -0.25) is 4.68 Å². The highest BCUT2D eigenvalue weighted by atomic mass is 79.9. The van der Waals surface area contributed by atoms with Crippen LogP contribution in [0, 0.1) is 5.92 Å². The Morgan fingerprint density at radius 3 is 2.58 bits per heavy atom. The molecule has 1 aliphatic heterocycles. The molecule has 1 aliphatic carbocycles. The fraction of sp³-hybridized carbons (Fsp3) is 0.273. The first-order chi connectivity index (χ1) is 21.6. The first-order valence-electron chi connectivity index (χ1n) is 14.7. The normalized spacial score (nSPS) is 20.8. The summed E-state index contributed by atoms with van der Waals surface area (Å²) in [7, 11) is -1.88. The second-order valence-corrected chi connectivity index (χ2v) is 14.9. The molecule has 10 nitrogen and oxygen atoms in total. The van der Waals surface area contributed by atoms with E-state index in [1.54, 1.807) is 19.7 Å². The number of hydrogen-bond acceptors (Lipinski definition) is 6. The zero-order chi connectivity index (χ0) is 31.5. The number of rotatable bonds is 7. The molecular formula is C33H31BrN6O4S. The molecule has 1 fully saturated rings. The van der Waals surface area contributed by atoms with Crippen LogP contribution < -0.4 is 0 Å². The van der Waals surface area contributed by atoms with Crippen molar-refractivity contribution in [2.24, 2.45) is 13.0 Å². The van der Waals surface area contributed by atoms with Crippen LogP contribution in [0.2, 0.25) is 0 Å². The minimum absolute atomic E-state index is 0.0361. The molecule has 45 heavy (non-hydrogen) atoms. The Kier molecular flexibility index (Phi) is 7.46. The molecule has 0 saturated heterocycles. The maximum absolute atomic E-state index is 13.8. The summed E-state index contributed by atoms with van der Waals surface area (Å²) in [5, 5.41) is 22.8. The Labute approximate surface area is 269 Å². The molecule has 3 aromatic carbocycles. The number of carboxylic acids is 1. The summed E-state index contributed by atoms with van der Waals surface area (Å²) in [4.78, 5) is 12.5. The van der Waals surface area contributed by atoms with Gasteiger partial charge in [0.05, 0.1) is 28.2 Å². The molecule has 12 heteroatoms. The molecule has 1 N–H and O–H groups in total. The third-order valence-electron chi connectivity index (χ3n) is 8.62. The first kappa shape index (κ1) is 29.6. The minimum Gasteiger partial charge on any atom is -0.478 e. The monoisotopic (exact) mass is 686 g/mol. The van der Waals surface area contributed by atoms with Gasteiger partial charge in [-0.25, -0.2) is 17.9 Å². The predicted octanol–water partition coefficient (Wildman–Crippen LogP) is 5.78. The second kappa shape index (κ2) is 11.3. The highest BCUT2D eigenvalue weighted by molar-refractivity contribution is 9.10. The molecule has 0 spiro atoms. The predicted molar refractivity (Wildman–Crippen MR) is 172 cm³/mol. The Morgan fingerprint density at radius 2 is 1.82 bits per heavy atom. The summed E-state index contributed by atoms with van der Waals surface area (Å²) in [6.45, 7) is 2.76. The maximum atomic E-state index is 13.8. The van der Waals surface area contributed by atoms with Crippen molar-refractivity contribution in [2.75, 3.05) is 6.54 Å². The van der Waals surface area contributed by atoms with Gasteiger partial charge in [0, 0.05) is 42.6 Å². The molecule has 3 atom stereocenters. The van der Waals surface area contributed by atoms with Crippen LogP contribution in [0.15, 0.2) is 88.5 Å². The number of aryl methyl sites for hydroxylation is 1. The molecular weight excluding hydrogens is 656 g/mol. The summed E-state index contributed by atoms with van der Waals surface area (Å²) >= 11 is 3.44. The highest BCUT2D eigenvalue weighted by Crippen LogP contribution is 2.55. The number of fused-ring (bicyclic) bond motifs is 1. The van der Waals surface area contributed by atoms with E-state index < -0.39 is 16.0 Å². The molecule has 2 aliphatic rings. The number of nitrogens with zero attached hydrogens (tertiary/aromatic N) is 6. The van der Waals surface area contributed by atoms with Gasteiger partial charge in [0.25, 0.3) is 0 Å². The average molecular weight is 688 g/mol. The van der Waals surface area contributed by atoms with Crippen LogP contribution >= 0.6 is 15.9 Å². The lowest BCUT2D eigenvalue weighted by atomic mass is 10.0. The highest BCUT2D eigenvalue weighted by Gasteiger charge is 2.46. The SMILES string of the molecule is C[C@H]1Cc2ccc(Br)cc2S(=O)(=O)N(Cc2cccc(-c3cccc(-n4ncc(C(=O)O)c4[C@@H]4C[C@H]4c4cn(C)nn4)c3)c2)C1. The van der Waals surface area contributed by atoms with E-state index in [9.17, 15) is 18.3 Å². The lowest BCUT2D eigenvalue weighted by Gasteiger charge is -2.22. The Balaban J connectivity index is 1.19. The van der Waals surface area contributed by atoms with Crippen molar-refractivity contribution in [3.63, 3.8) is 0 Å². The third-order valence-corrected chi connectivity index (χ3v) is 11.0. The van der Waals surface area contributed by atoms with Crippen molar-refractivity contribution >= 4 is 31.9 Å². The van der Waals surface area contributed by atoms with Crippen molar-refractivity contribution in [3.8, 4) is 16.8 Å². The second-order valence-electron chi connectivity index (χ2n) is 12.0. The van der Waals surface area contributed by atoms with Crippen LogP contribution in [0.25, 0.3) is 16.8 Å². The summed E-state index contributed by atoms with van der Waals surface area (Å²) in [6, 6.07) is 21.2. The van der Waals surface area contributed by atoms with Crippen molar-refractivity contribution in [1.29, 1.82) is 0 Å². The molecule has 0 radical (unpaired) electrons. The van der Waals surface area contributed by atoms with Gasteiger partial charge in [0.2, 0.25) is 10.0 Å². The Bertz CT molecular complexity index is 2060. The molecule has 0 bridgehead atoms. The van der Waals surface area contributed by atoms with Crippen LogP contribution in [0.1, 0.15) is 58.1 Å². The number of carboxylic acid groups (broad SMARTS) is 1. The van der Waals surface area contributed by atoms with Gasteiger partial charge < -0.3 is 5.11 Å². The van der Waals surface area contributed by atoms with E-state index in [1.807, 2.05) is 73.9 Å². The average Bonchev–Trinajstić information content (AvgIpc) is 3.48. The van der Waals surface area contributed by atoms with E-state index in [-0.39, 0.29) is 29.9 Å². The van der Waals surface area contributed by atoms with Gasteiger partial charge in [-0.15, -0.1) is 5.10 Å². The third kappa shape index (κ3) is 5.62. The number of aromatic nitrogens is 5. The number of carbonyl (C=O) groups is 1. The van der Waals surface area contributed by atoms with Crippen LogP contribution in [-0.4, -0.2) is 55.1 Å². The number of halogens is 1. The lowest BCUT2D eigenvalue weighted by molar-refractivity contribution is 0.0695. The van der Waals surface area contributed by atoms with Crippen LogP contribution in [0.4, 0.5) is 0 Å². The van der Waals surface area contributed by atoms with Gasteiger partial charge in [-0.2, -0.15) is 9.40 Å². The fourth-order valence-electron chi connectivity index (χ4n) is 6.43. The van der Waals surface area contributed by atoms with Crippen molar-refractivity contribution < 1.29 is 18.3 Å². The molecule has 230 valence electrons. The van der Waals surface area contributed by atoms with Gasteiger partial charge >= 0.3 is 5.97 Å². The van der Waals surface area contributed by atoms with Crippen LogP contribution in [0.5, 0.6) is 0 Å². The van der Waals surface area contributed by atoms with E-state index >= 15 is 0 Å². The van der Waals surface area contributed by atoms with Crippen LogP contribution in [-0.2, 0) is 30.0 Å². The van der Waals surface area contributed by atoms with Gasteiger partial charge in [-0.05, 0) is 71.3 Å². The molecule has 7 rings (SSSR count).